The summed E-state index contributed by atoms with van der Waals surface area (Å²) in [7, 11) is 0. The van der Waals surface area contributed by atoms with E-state index >= 15 is 0 Å². The molecule has 0 heterocycles. The summed E-state index contributed by atoms with van der Waals surface area (Å²) >= 11 is 0. The van der Waals surface area contributed by atoms with E-state index in [0.29, 0.717) is 0 Å². The van der Waals surface area contributed by atoms with E-state index < -0.39 is 18.4 Å². The Hall–Kier alpha value is -0.550. The van der Waals surface area contributed by atoms with E-state index in [1.807, 2.05) is 0 Å². The van der Waals surface area contributed by atoms with E-state index in [2.05, 4.69) is 0 Å². The Labute approximate surface area is 82.7 Å². The maximum atomic E-state index is 12.1. The van der Waals surface area contributed by atoms with Gasteiger partial charge in [-0.05, 0) is 0 Å². The van der Waals surface area contributed by atoms with E-state index in [-0.39, 0.29) is 19.7 Å². The zero-order valence-electron chi connectivity index (χ0n) is 8.54. The molecule has 0 unspecified atom stereocenters. The quantitative estimate of drug-likeness (QED) is 0.630. The molecule has 0 atom stereocenters. The van der Waals surface area contributed by atoms with Gasteiger partial charge in [-0.1, -0.05) is 13.8 Å². The number of rotatable bonds is 7. The van der Waals surface area contributed by atoms with Crippen LogP contribution in [0.15, 0.2) is 0 Å². The van der Waals surface area contributed by atoms with E-state index in [9.17, 15) is 13.6 Å². The van der Waals surface area contributed by atoms with Crippen molar-refractivity contribution in [2.45, 2.75) is 20.3 Å². The van der Waals surface area contributed by atoms with Gasteiger partial charge >= 0.3 is 0 Å². The van der Waals surface area contributed by atoms with Gasteiger partial charge in [-0.3, -0.25) is 4.90 Å². The van der Waals surface area contributed by atoms with Gasteiger partial charge in [0.1, 0.15) is 6.29 Å². The summed E-state index contributed by atoms with van der Waals surface area (Å²) in [6.45, 7) is 3.17. The molecule has 84 valence electrons. The van der Waals surface area contributed by atoms with Gasteiger partial charge in [-0.2, -0.15) is 0 Å². The second-order valence-corrected chi connectivity index (χ2v) is 3.96. The van der Waals surface area contributed by atoms with Crippen LogP contribution in [0.4, 0.5) is 8.78 Å². The first-order valence-corrected chi connectivity index (χ1v) is 4.49. The summed E-state index contributed by atoms with van der Waals surface area (Å²) in [6, 6.07) is 0. The Balaban J connectivity index is 4.14. The summed E-state index contributed by atoms with van der Waals surface area (Å²) in [5.41, 5.74) is -0.649. The number of carbonyl (C=O) groups is 1. The second-order valence-electron chi connectivity index (χ2n) is 3.96. The van der Waals surface area contributed by atoms with Crippen molar-refractivity contribution in [2.24, 2.45) is 5.41 Å². The van der Waals surface area contributed by atoms with Crippen LogP contribution < -0.4 is 0 Å². The van der Waals surface area contributed by atoms with Crippen molar-refractivity contribution in [3.63, 3.8) is 0 Å². The predicted molar refractivity (Wildman–Crippen MR) is 49.4 cm³/mol. The molecule has 0 bridgehead atoms. The fraction of sp³-hybridized carbons (Fsp3) is 0.889. The molecule has 0 aromatic carbocycles. The molecule has 5 heteroatoms. The van der Waals surface area contributed by atoms with Gasteiger partial charge in [0.05, 0.1) is 13.2 Å². The van der Waals surface area contributed by atoms with Crippen LogP contribution in [0.2, 0.25) is 0 Å². The topological polar surface area (TPSA) is 40.5 Å². The van der Waals surface area contributed by atoms with Crippen molar-refractivity contribution >= 4 is 6.29 Å². The number of aldehydes is 1. The summed E-state index contributed by atoms with van der Waals surface area (Å²) in [5.74, 6) is 0. The molecule has 0 aromatic heterocycles. The zero-order chi connectivity index (χ0) is 11.2. The van der Waals surface area contributed by atoms with Gasteiger partial charge in [-0.15, -0.1) is 0 Å². The number of halogens is 2. The van der Waals surface area contributed by atoms with Gasteiger partial charge in [0, 0.05) is 18.5 Å². The lowest BCUT2D eigenvalue weighted by Crippen LogP contribution is -2.39. The smallest absolute Gasteiger partial charge is 0.251 e. The Morgan fingerprint density at radius 2 is 2.07 bits per heavy atom. The SMILES string of the molecule is CC(C)(C=O)CN(CCO)CC(F)F. The maximum Gasteiger partial charge on any atom is 0.251 e. The number of aliphatic hydroxyl groups is 1. The number of hydrogen-bond donors (Lipinski definition) is 1. The van der Waals surface area contributed by atoms with Crippen LogP contribution >= 0.6 is 0 Å². The average molecular weight is 209 g/mol. The fourth-order valence-corrected chi connectivity index (χ4v) is 1.19. The summed E-state index contributed by atoms with van der Waals surface area (Å²) in [5, 5.41) is 8.64. The molecular weight excluding hydrogens is 192 g/mol. The highest BCUT2D eigenvalue weighted by Crippen LogP contribution is 2.14. The van der Waals surface area contributed by atoms with Crippen LogP contribution in [0.5, 0.6) is 0 Å². The molecule has 0 spiro atoms. The Kier molecular flexibility index (Phi) is 5.79. The first-order chi connectivity index (χ1) is 6.41. The molecule has 0 saturated heterocycles. The zero-order valence-corrected chi connectivity index (χ0v) is 8.54. The molecular formula is C9H17F2NO2. The third kappa shape index (κ3) is 5.99. The second kappa shape index (κ2) is 6.03. The highest BCUT2D eigenvalue weighted by Gasteiger charge is 2.22. The molecule has 0 aliphatic rings. The molecule has 3 nitrogen and oxygen atoms in total. The summed E-state index contributed by atoms with van der Waals surface area (Å²) < 4.78 is 24.2. The van der Waals surface area contributed by atoms with Crippen LogP contribution in [0.3, 0.4) is 0 Å². The van der Waals surface area contributed by atoms with Gasteiger partial charge < -0.3 is 9.90 Å². The lowest BCUT2D eigenvalue weighted by molar-refractivity contribution is -0.116. The van der Waals surface area contributed by atoms with E-state index in [4.69, 9.17) is 5.11 Å². The summed E-state index contributed by atoms with van der Waals surface area (Å²) in [4.78, 5) is 12.0. The largest absolute Gasteiger partial charge is 0.395 e. The van der Waals surface area contributed by atoms with Crippen LogP contribution in [-0.4, -0.2) is 49.0 Å². The van der Waals surface area contributed by atoms with Crippen LogP contribution in [0.25, 0.3) is 0 Å². The van der Waals surface area contributed by atoms with Gasteiger partial charge in [0.15, 0.2) is 0 Å². The van der Waals surface area contributed by atoms with E-state index in [1.54, 1.807) is 13.8 Å². The normalized spacial score (nSPS) is 12.5. The van der Waals surface area contributed by atoms with Crippen LogP contribution in [0, 0.1) is 5.41 Å². The molecule has 0 aliphatic heterocycles. The van der Waals surface area contributed by atoms with Crippen molar-refractivity contribution in [3.8, 4) is 0 Å². The number of nitrogens with zero attached hydrogens (tertiary/aromatic N) is 1. The van der Waals surface area contributed by atoms with Crippen molar-refractivity contribution in [3.05, 3.63) is 0 Å². The van der Waals surface area contributed by atoms with E-state index in [0.717, 1.165) is 6.29 Å². The minimum Gasteiger partial charge on any atom is -0.395 e. The fourth-order valence-electron chi connectivity index (χ4n) is 1.19. The summed E-state index contributed by atoms with van der Waals surface area (Å²) in [6.07, 6.45) is -1.70. The Bertz CT molecular complexity index is 174. The molecule has 0 radical (unpaired) electrons. The number of alkyl halides is 2. The van der Waals surface area contributed by atoms with Gasteiger partial charge in [0.2, 0.25) is 0 Å². The van der Waals surface area contributed by atoms with Crippen molar-refractivity contribution in [2.75, 3.05) is 26.2 Å². The first kappa shape index (κ1) is 13.4. The number of carbonyl (C=O) groups excluding carboxylic acids is 1. The maximum absolute atomic E-state index is 12.1. The van der Waals surface area contributed by atoms with Crippen molar-refractivity contribution in [1.82, 2.24) is 4.90 Å². The molecule has 0 aliphatic carbocycles. The number of hydrogen-bond acceptors (Lipinski definition) is 3. The number of aliphatic hydroxyl groups excluding tert-OH is 1. The highest BCUT2D eigenvalue weighted by molar-refractivity contribution is 5.58. The minimum atomic E-state index is -2.44. The Morgan fingerprint density at radius 1 is 1.50 bits per heavy atom. The molecule has 0 amide bonds. The molecule has 14 heavy (non-hydrogen) atoms. The lowest BCUT2D eigenvalue weighted by atomic mass is 9.95. The van der Waals surface area contributed by atoms with Gasteiger partial charge in [0.25, 0.3) is 6.43 Å². The molecule has 0 saturated carbocycles. The minimum absolute atomic E-state index is 0.168. The lowest BCUT2D eigenvalue weighted by Gasteiger charge is -2.27. The standard InChI is InChI=1S/C9H17F2NO2/c1-9(2,7-14)6-12(3-4-13)5-8(10)11/h7-8,13H,3-6H2,1-2H3. The Morgan fingerprint density at radius 3 is 2.43 bits per heavy atom. The molecule has 0 rings (SSSR count). The third-order valence-corrected chi connectivity index (χ3v) is 1.76. The molecule has 1 N–H and O–H groups in total. The molecule has 0 aromatic rings. The highest BCUT2D eigenvalue weighted by atomic mass is 19.3. The first-order valence-electron chi connectivity index (χ1n) is 4.49. The van der Waals surface area contributed by atoms with Crippen LogP contribution in [0.1, 0.15) is 13.8 Å². The average Bonchev–Trinajstić information content (AvgIpc) is 2.03. The van der Waals surface area contributed by atoms with Crippen LogP contribution in [-0.2, 0) is 4.79 Å². The molecule has 0 fully saturated rings. The monoisotopic (exact) mass is 209 g/mol. The van der Waals surface area contributed by atoms with Crippen molar-refractivity contribution in [1.29, 1.82) is 0 Å². The van der Waals surface area contributed by atoms with Gasteiger partial charge in [-0.25, -0.2) is 8.78 Å². The van der Waals surface area contributed by atoms with E-state index in [1.165, 1.54) is 4.90 Å². The van der Waals surface area contributed by atoms with Crippen molar-refractivity contribution < 1.29 is 18.7 Å². The predicted octanol–water partition coefficient (Wildman–Crippen LogP) is 0.771. The third-order valence-electron chi connectivity index (χ3n) is 1.76.